The Labute approximate surface area is 205 Å². The molecular formula is C30H21N2O4-. The molecule has 6 heteroatoms. The number of hydrogen-bond acceptors (Lipinski definition) is 4. The molecule has 6 aromatic rings. The first kappa shape index (κ1) is 21.8. The fourth-order valence-electron chi connectivity index (χ4n) is 4.97. The number of carboxylic acids is 1. The Morgan fingerprint density at radius 1 is 0.722 bits per heavy atom. The lowest BCUT2D eigenvalue weighted by molar-refractivity contribution is -0.255. The van der Waals surface area contributed by atoms with E-state index in [1.54, 1.807) is 24.3 Å². The summed E-state index contributed by atoms with van der Waals surface area (Å²) in [6.45, 7) is 4.28. The number of aromatic amines is 1. The summed E-state index contributed by atoms with van der Waals surface area (Å²) in [7, 11) is 0. The predicted molar refractivity (Wildman–Crippen MR) is 141 cm³/mol. The Kier molecular flexibility index (Phi) is 4.79. The average molecular weight is 474 g/mol. The fraction of sp³-hybridized carbons (Fsp3) is 0.100. The van der Waals surface area contributed by atoms with Crippen molar-refractivity contribution in [2.24, 2.45) is 0 Å². The van der Waals surface area contributed by atoms with Crippen LogP contribution in [0.2, 0.25) is 0 Å². The van der Waals surface area contributed by atoms with E-state index in [4.69, 9.17) is 0 Å². The van der Waals surface area contributed by atoms with Gasteiger partial charge in [0.2, 0.25) is 0 Å². The molecule has 0 bridgehead atoms. The third-order valence-electron chi connectivity index (χ3n) is 6.82. The number of rotatable bonds is 3. The molecule has 0 aliphatic heterocycles. The molecule has 1 N–H and O–H groups in total. The van der Waals surface area contributed by atoms with E-state index in [1.165, 1.54) is 12.1 Å². The van der Waals surface area contributed by atoms with Gasteiger partial charge in [-0.15, -0.1) is 0 Å². The number of nitrogens with zero attached hydrogens (tertiary/aromatic N) is 1. The summed E-state index contributed by atoms with van der Waals surface area (Å²) in [5.41, 5.74) is 5.45. The molecule has 0 atom stereocenters. The minimum atomic E-state index is -1.23. The number of H-pyrrole nitrogens is 1. The molecule has 0 unspecified atom stereocenters. The molecule has 0 amide bonds. The van der Waals surface area contributed by atoms with Gasteiger partial charge in [0.1, 0.15) is 0 Å². The third-order valence-corrected chi connectivity index (χ3v) is 6.82. The van der Waals surface area contributed by atoms with E-state index in [-0.39, 0.29) is 16.4 Å². The van der Waals surface area contributed by atoms with E-state index in [2.05, 4.69) is 4.98 Å². The highest BCUT2D eigenvalue weighted by atomic mass is 16.4. The lowest BCUT2D eigenvalue weighted by atomic mass is 10.0. The number of hydrogen-bond donors (Lipinski definition) is 1. The van der Waals surface area contributed by atoms with Gasteiger partial charge in [0.05, 0.1) is 22.5 Å². The normalized spacial score (nSPS) is 11.6. The van der Waals surface area contributed by atoms with Crippen LogP contribution in [-0.2, 0) is 6.54 Å². The van der Waals surface area contributed by atoms with Crippen LogP contribution < -0.4 is 16.0 Å². The molecule has 0 saturated heterocycles. The summed E-state index contributed by atoms with van der Waals surface area (Å²) in [6, 6.07) is 21.5. The van der Waals surface area contributed by atoms with Crippen molar-refractivity contribution in [1.29, 1.82) is 0 Å². The molecule has 0 aliphatic rings. The Morgan fingerprint density at radius 2 is 1.33 bits per heavy atom. The van der Waals surface area contributed by atoms with Crippen LogP contribution in [0.15, 0.2) is 82.4 Å². The molecule has 2 heterocycles. The Morgan fingerprint density at radius 3 is 2.06 bits per heavy atom. The Balaban J connectivity index is 1.71. The molecule has 0 radical (unpaired) electrons. The maximum absolute atomic E-state index is 13.6. The number of nitrogens with one attached hydrogen (secondary N) is 1. The van der Waals surface area contributed by atoms with Crippen LogP contribution in [0.5, 0.6) is 0 Å². The largest absolute Gasteiger partial charge is 0.545 e. The van der Waals surface area contributed by atoms with Gasteiger partial charge >= 0.3 is 0 Å². The second-order valence-electron chi connectivity index (χ2n) is 9.34. The van der Waals surface area contributed by atoms with Crippen LogP contribution in [-0.4, -0.2) is 15.5 Å². The van der Waals surface area contributed by atoms with Crippen LogP contribution in [0.3, 0.4) is 0 Å². The minimum Gasteiger partial charge on any atom is -0.545 e. The molecule has 6 rings (SSSR count). The van der Waals surface area contributed by atoms with Gasteiger partial charge < -0.3 is 19.5 Å². The number of fused-ring (bicyclic) bond motifs is 4. The average Bonchev–Trinajstić information content (AvgIpc) is 2.87. The number of benzene rings is 4. The first-order valence-electron chi connectivity index (χ1n) is 11.6. The predicted octanol–water partition coefficient (Wildman–Crippen LogP) is 4.18. The van der Waals surface area contributed by atoms with Gasteiger partial charge in [-0.3, -0.25) is 9.59 Å². The first-order valence-corrected chi connectivity index (χ1v) is 11.6. The summed E-state index contributed by atoms with van der Waals surface area (Å²) in [5, 5.41) is 13.4. The maximum Gasteiger partial charge on any atom is 0.197 e. The number of pyridine rings is 2. The van der Waals surface area contributed by atoms with Crippen LogP contribution in [0.25, 0.3) is 43.6 Å². The molecule has 0 fully saturated rings. The van der Waals surface area contributed by atoms with E-state index in [1.807, 2.05) is 54.8 Å². The van der Waals surface area contributed by atoms with Crippen molar-refractivity contribution in [2.75, 3.05) is 0 Å². The SMILES string of the molecule is Cc1ccc2[nH]c3cc4c(=O)c5cc(C)ccc5n(Cc5ccc(C(=O)[O-])cc5)c4cc3c(=O)c2c1. The van der Waals surface area contributed by atoms with Gasteiger partial charge in [-0.25, -0.2) is 0 Å². The summed E-state index contributed by atoms with van der Waals surface area (Å²) in [6.07, 6.45) is 0. The number of aromatic carboxylic acids is 1. The minimum absolute atomic E-state index is 0.0920. The highest BCUT2D eigenvalue weighted by Crippen LogP contribution is 2.26. The van der Waals surface area contributed by atoms with E-state index in [9.17, 15) is 19.5 Å². The van der Waals surface area contributed by atoms with Gasteiger partial charge in [-0.2, -0.15) is 0 Å². The Bertz CT molecular complexity index is 2000. The third kappa shape index (κ3) is 3.38. The fourth-order valence-corrected chi connectivity index (χ4v) is 4.97. The number of carboxylic acid groups (broad SMARTS) is 1. The van der Waals surface area contributed by atoms with Gasteiger partial charge in [0, 0.05) is 33.6 Å². The zero-order valence-corrected chi connectivity index (χ0v) is 19.7. The van der Waals surface area contributed by atoms with Gasteiger partial charge in [0.25, 0.3) is 0 Å². The second kappa shape index (κ2) is 7.92. The molecule has 2 aromatic heterocycles. The molecule has 0 saturated carbocycles. The second-order valence-corrected chi connectivity index (χ2v) is 9.34. The Hall–Kier alpha value is -4.71. The standard InChI is InChI=1S/C30H22N2O4/c1-16-3-9-24-20(11-16)28(33)21-14-27-23(13-25(21)31-24)29(34)22-12-17(2)4-10-26(22)32(27)15-18-5-7-19(8-6-18)30(35)36/h3-14H,15H2,1-2H3,(H,31,33)(H,35,36)/p-1. The summed E-state index contributed by atoms with van der Waals surface area (Å²) < 4.78 is 2.01. The van der Waals surface area contributed by atoms with E-state index >= 15 is 0 Å². The van der Waals surface area contributed by atoms with E-state index < -0.39 is 5.97 Å². The quantitative estimate of drug-likeness (QED) is 0.390. The van der Waals surface area contributed by atoms with Crippen molar-refractivity contribution in [3.8, 4) is 0 Å². The number of aromatic nitrogens is 2. The van der Waals surface area contributed by atoms with Gasteiger partial charge in [0.15, 0.2) is 10.9 Å². The number of carbonyl (C=O) groups is 1. The van der Waals surface area contributed by atoms with E-state index in [0.717, 1.165) is 27.7 Å². The molecule has 0 spiro atoms. The van der Waals surface area contributed by atoms with Crippen molar-refractivity contribution in [1.82, 2.24) is 9.55 Å². The monoisotopic (exact) mass is 473 g/mol. The zero-order chi connectivity index (χ0) is 25.1. The number of carbonyl (C=O) groups excluding carboxylic acids is 1. The van der Waals surface area contributed by atoms with Crippen molar-refractivity contribution in [3.05, 3.63) is 115 Å². The molecule has 176 valence electrons. The van der Waals surface area contributed by atoms with Gasteiger partial charge in [-0.1, -0.05) is 47.5 Å². The maximum atomic E-state index is 13.6. The van der Waals surface area contributed by atoms with Crippen molar-refractivity contribution >= 4 is 49.6 Å². The lowest BCUT2D eigenvalue weighted by Gasteiger charge is -2.17. The molecule has 0 aliphatic carbocycles. The van der Waals surface area contributed by atoms with Crippen molar-refractivity contribution in [3.63, 3.8) is 0 Å². The number of aryl methyl sites for hydroxylation is 2. The molecule has 36 heavy (non-hydrogen) atoms. The first-order chi connectivity index (χ1) is 17.3. The summed E-state index contributed by atoms with van der Waals surface area (Å²) in [5.74, 6) is -1.23. The van der Waals surface area contributed by atoms with Crippen molar-refractivity contribution < 1.29 is 9.90 Å². The van der Waals surface area contributed by atoms with E-state index in [0.29, 0.717) is 39.1 Å². The smallest absolute Gasteiger partial charge is 0.197 e. The lowest BCUT2D eigenvalue weighted by Crippen LogP contribution is -2.22. The molecular weight excluding hydrogens is 452 g/mol. The zero-order valence-electron chi connectivity index (χ0n) is 19.7. The molecule has 6 nitrogen and oxygen atoms in total. The van der Waals surface area contributed by atoms with Crippen LogP contribution in [0, 0.1) is 13.8 Å². The highest BCUT2D eigenvalue weighted by Gasteiger charge is 2.15. The highest BCUT2D eigenvalue weighted by molar-refractivity contribution is 6.03. The molecule has 4 aromatic carbocycles. The summed E-state index contributed by atoms with van der Waals surface area (Å²) in [4.78, 5) is 41.6. The van der Waals surface area contributed by atoms with Crippen LogP contribution in [0.4, 0.5) is 0 Å². The van der Waals surface area contributed by atoms with Crippen molar-refractivity contribution in [2.45, 2.75) is 20.4 Å². The van der Waals surface area contributed by atoms with Crippen LogP contribution >= 0.6 is 0 Å². The van der Waals surface area contributed by atoms with Gasteiger partial charge in [-0.05, 0) is 61.4 Å². The summed E-state index contributed by atoms with van der Waals surface area (Å²) >= 11 is 0. The van der Waals surface area contributed by atoms with Crippen LogP contribution in [0.1, 0.15) is 27.0 Å². The topological polar surface area (TPSA) is 95.0 Å².